The van der Waals surface area contributed by atoms with Crippen molar-refractivity contribution in [1.29, 1.82) is 0 Å². The van der Waals surface area contributed by atoms with Crippen LogP contribution >= 0.6 is 11.3 Å². The summed E-state index contributed by atoms with van der Waals surface area (Å²) < 4.78 is 0. The third-order valence-electron chi connectivity index (χ3n) is 1.94. The largest absolute Gasteiger partial charge is 0.396 e. The number of benzene rings is 1. The topological polar surface area (TPSA) is 33.1 Å². The molecule has 0 atom stereocenters. The van der Waals surface area contributed by atoms with E-state index in [0.29, 0.717) is 6.42 Å². The maximum atomic E-state index is 8.76. The normalized spacial score (nSPS) is 10.4. The van der Waals surface area contributed by atoms with E-state index < -0.39 is 0 Å². The van der Waals surface area contributed by atoms with Gasteiger partial charge in [0, 0.05) is 24.0 Å². The van der Waals surface area contributed by atoms with E-state index >= 15 is 0 Å². The molecule has 2 nitrogen and oxygen atoms in total. The van der Waals surface area contributed by atoms with Crippen molar-refractivity contribution in [2.75, 3.05) is 6.61 Å². The summed E-state index contributed by atoms with van der Waals surface area (Å²) in [6.45, 7) is 0.165. The Labute approximate surface area is 86.9 Å². The van der Waals surface area contributed by atoms with Crippen LogP contribution in [0.15, 0.2) is 35.7 Å². The van der Waals surface area contributed by atoms with Gasteiger partial charge < -0.3 is 5.11 Å². The van der Waals surface area contributed by atoms with Gasteiger partial charge in [-0.2, -0.15) is 0 Å². The average molecular weight is 205 g/mol. The molecule has 1 N–H and O–H groups in total. The van der Waals surface area contributed by atoms with Crippen LogP contribution in [0.5, 0.6) is 0 Å². The molecular weight excluding hydrogens is 194 g/mol. The minimum absolute atomic E-state index is 0.165. The van der Waals surface area contributed by atoms with E-state index in [4.69, 9.17) is 5.11 Å². The number of hydrogen-bond acceptors (Lipinski definition) is 3. The molecule has 0 amide bonds. The summed E-state index contributed by atoms with van der Waals surface area (Å²) in [4.78, 5) is 4.43. The molecule has 0 bridgehead atoms. The minimum atomic E-state index is 0.165. The van der Waals surface area contributed by atoms with Gasteiger partial charge in [-0.15, -0.1) is 11.3 Å². The molecule has 0 aliphatic carbocycles. The van der Waals surface area contributed by atoms with Crippen molar-refractivity contribution in [3.05, 3.63) is 41.4 Å². The second-order valence-corrected chi connectivity index (χ2v) is 3.84. The maximum Gasteiger partial charge on any atom is 0.123 e. The Kier molecular flexibility index (Phi) is 2.91. The lowest BCUT2D eigenvalue weighted by molar-refractivity contribution is 0.298. The standard InChI is InChI=1S/C11H11NOS/c13-7-6-10-8-14-11(12-10)9-4-2-1-3-5-9/h1-5,8,13H,6-7H2. The van der Waals surface area contributed by atoms with Crippen molar-refractivity contribution in [3.63, 3.8) is 0 Å². The molecular formula is C11H11NOS. The van der Waals surface area contributed by atoms with Gasteiger partial charge in [-0.1, -0.05) is 30.3 Å². The molecule has 0 unspecified atom stereocenters. The van der Waals surface area contributed by atoms with Crippen LogP contribution in [-0.4, -0.2) is 16.7 Å². The number of aliphatic hydroxyl groups is 1. The first-order chi connectivity index (χ1) is 6.90. The molecule has 0 saturated heterocycles. The Hall–Kier alpha value is -1.19. The molecule has 2 aromatic rings. The molecule has 72 valence electrons. The van der Waals surface area contributed by atoms with Gasteiger partial charge in [0.15, 0.2) is 0 Å². The van der Waals surface area contributed by atoms with E-state index in [2.05, 4.69) is 4.98 Å². The third kappa shape index (κ3) is 2.00. The van der Waals surface area contributed by atoms with Gasteiger partial charge in [0.1, 0.15) is 5.01 Å². The highest BCUT2D eigenvalue weighted by molar-refractivity contribution is 7.13. The fraction of sp³-hybridized carbons (Fsp3) is 0.182. The van der Waals surface area contributed by atoms with Crippen molar-refractivity contribution in [2.24, 2.45) is 0 Å². The van der Waals surface area contributed by atoms with Crippen LogP contribution in [0, 0.1) is 0 Å². The number of aliphatic hydroxyl groups excluding tert-OH is 1. The van der Waals surface area contributed by atoms with Gasteiger partial charge >= 0.3 is 0 Å². The smallest absolute Gasteiger partial charge is 0.123 e. The lowest BCUT2D eigenvalue weighted by atomic mass is 10.2. The number of thiazole rings is 1. The zero-order chi connectivity index (χ0) is 9.80. The first-order valence-electron chi connectivity index (χ1n) is 4.51. The summed E-state index contributed by atoms with van der Waals surface area (Å²) in [6.07, 6.45) is 0.642. The molecule has 0 fully saturated rings. The molecule has 0 saturated carbocycles. The van der Waals surface area contributed by atoms with Crippen LogP contribution in [-0.2, 0) is 6.42 Å². The second kappa shape index (κ2) is 4.35. The summed E-state index contributed by atoms with van der Waals surface area (Å²) in [5.74, 6) is 0. The Morgan fingerprint density at radius 2 is 2.00 bits per heavy atom. The highest BCUT2D eigenvalue weighted by atomic mass is 32.1. The van der Waals surface area contributed by atoms with E-state index in [1.165, 1.54) is 0 Å². The maximum absolute atomic E-state index is 8.76. The molecule has 1 aromatic heterocycles. The molecule has 1 heterocycles. The van der Waals surface area contributed by atoms with Gasteiger partial charge in [0.2, 0.25) is 0 Å². The van der Waals surface area contributed by atoms with Gasteiger partial charge in [-0.05, 0) is 0 Å². The summed E-state index contributed by atoms with van der Waals surface area (Å²) in [5, 5.41) is 11.8. The summed E-state index contributed by atoms with van der Waals surface area (Å²) in [5.41, 5.74) is 2.11. The molecule has 3 heteroatoms. The van der Waals surface area contributed by atoms with Crippen molar-refractivity contribution < 1.29 is 5.11 Å². The summed E-state index contributed by atoms with van der Waals surface area (Å²) >= 11 is 1.62. The monoisotopic (exact) mass is 205 g/mol. The fourth-order valence-corrected chi connectivity index (χ4v) is 2.11. The van der Waals surface area contributed by atoms with Gasteiger partial charge in [-0.3, -0.25) is 0 Å². The van der Waals surface area contributed by atoms with Crippen LogP contribution < -0.4 is 0 Å². The lowest BCUT2D eigenvalue weighted by Crippen LogP contribution is -1.89. The minimum Gasteiger partial charge on any atom is -0.396 e. The zero-order valence-electron chi connectivity index (χ0n) is 7.68. The van der Waals surface area contributed by atoms with E-state index in [1.807, 2.05) is 35.7 Å². The van der Waals surface area contributed by atoms with Crippen molar-refractivity contribution in [2.45, 2.75) is 6.42 Å². The fourth-order valence-electron chi connectivity index (χ4n) is 1.25. The van der Waals surface area contributed by atoms with E-state index in [9.17, 15) is 0 Å². The molecule has 0 aliphatic heterocycles. The zero-order valence-corrected chi connectivity index (χ0v) is 8.50. The average Bonchev–Trinajstić information content (AvgIpc) is 2.68. The number of nitrogens with zero attached hydrogens (tertiary/aromatic N) is 1. The Balaban J connectivity index is 2.25. The van der Waals surface area contributed by atoms with Crippen LogP contribution in [0.25, 0.3) is 10.6 Å². The Bertz CT molecular complexity index is 397. The quantitative estimate of drug-likeness (QED) is 0.834. The van der Waals surface area contributed by atoms with Crippen LogP contribution in [0.4, 0.5) is 0 Å². The van der Waals surface area contributed by atoms with Gasteiger partial charge in [0.25, 0.3) is 0 Å². The molecule has 2 rings (SSSR count). The predicted octanol–water partition coefficient (Wildman–Crippen LogP) is 2.34. The van der Waals surface area contributed by atoms with Crippen LogP contribution in [0.2, 0.25) is 0 Å². The highest BCUT2D eigenvalue weighted by Gasteiger charge is 2.02. The second-order valence-electron chi connectivity index (χ2n) is 2.98. The van der Waals surface area contributed by atoms with Crippen molar-refractivity contribution in [3.8, 4) is 10.6 Å². The highest BCUT2D eigenvalue weighted by Crippen LogP contribution is 2.23. The molecule has 1 aromatic carbocycles. The number of hydrogen-bond donors (Lipinski definition) is 1. The van der Waals surface area contributed by atoms with Crippen molar-refractivity contribution in [1.82, 2.24) is 4.98 Å². The van der Waals surface area contributed by atoms with E-state index in [1.54, 1.807) is 11.3 Å². The Morgan fingerprint density at radius 1 is 1.21 bits per heavy atom. The summed E-state index contributed by atoms with van der Waals surface area (Å²) in [6, 6.07) is 10.1. The number of aromatic nitrogens is 1. The lowest BCUT2D eigenvalue weighted by Gasteiger charge is -1.93. The van der Waals surface area contributed by atoms with Crippen LogP contribution in [0.1, 0.15) is 5.69 Å². The first-order valence-corrected chi connectivity index (χ1v) is 5.39. The van der Waals surface area contributed by atoms with Crippen LogP contribution in [0.3, 0.4) is 0 Å². The molecule has 0 radical (unpaired) electrons. The van der Waals surface area contributed by atoms with Gasteiger partial charge in [-0.25, -0.2) is 4.98 Å². The predicted molar refractivity (Wildman–Crippen MR) is 58.3 cm³/mol. The first kappa shape index (κ1) is 9.37. The molecule has 0 aliphatic rings. The SMILES string of the molecule is OCCc1csc(-c2ccccc2)n1. The van der Waals surface area contributed by atoms with E-state index in [0.717, 1.165) is 16.3 Å². The van der Waals surface area contributed by atoms with Crippen molar-refractivity contribution >= 4 is 11.3 Å². The Morgan fingerprint density at radius 3 is 2.71 bits per heavy atom. The molecule has 14 heavy (non-hydrogen) atoms. The summed E-state index contributed by atoms with van der Waals surface area (Å²) in [7, 11) is 0. The van der Waals surface area contributed by atoms with Gasteiger partial charge in [0.05, 0.1) is 5.69 Å². The molecule has 0 spiro atoms. The number of rotatable bonds is 3. The third-order valence-corrected chi connectivity index (χ3v) is 2.88. The van der Waals surface area contributed by atoms with E-state index in [-0.39, 0.29) is 6.61 Å².